The predicted octanol–water partition coefficient (Wildman–Crippen LogP) is 2.53. The number of hydrogen-bond acceptors (Lipinski definition) is 5. The fraction of sp³-hybridized carbons (Fsp3) is 0.133. The fourth-order valence-corrected chi connectivity index (χ4v) is 2.14. The number of aryl methyl sites for hydroxylation is 1. The monoisotopic (exact) mass is 265 g/mol. The summed E-state index contributed by atoms with van der Waals surface area (Å²) in [5, 5.41) is 5.35. The van der Waals surface area contributed by atoms with Crippen LogP contribution in [-0.4, -0.2) is 15.0 Å². The van der Waals surface area contributed by atoms with E-state index in [9.17, 15) is 0 Å². The van der Waals surface area contributed by atoms with Crippen LogP contribution >= 0.6 is 0 Å². The van der Waals surface area contributed by atoms with E-state index < -0.39 is 0 Å². The molecule has 20 heavy (non-hydrogen) atoms. The number of hydrogen-bond donors (Lipinski definition) is 2. The molecule has 1 aromatic carbocycles. The molecule has 3 rings (SSSR count). The number of nitrogen functional groups attached to an aromatic ring is 1. The summed E-state index contributed by atoms with van der Waals surface area (Å²) in [4.78, 5) is 12.5. The summed E-state index contributed by atoms with van der Waals surface area (Å²) in [6, 6.07) is 7.78. The smallest absolute Gasteiger partial charge is 0.125 e. The van der Waals surface area contributed by atoms with E-state index in [1.807, 2.05) is 37.4 Å². The number of nitrogens with one attached hydrogen (secondary N) is 1. The van der Waals surface area contributed by atoms with Crippen molar-refractivity contribution in [1.29, 1.82) is 0 Å². The van der Waals surface area contributed by atoms with E-state index in [1.54, 1.807) is 12.4 Å². The maximum Gasteiger partial charge on any atom is 0.125 e. The van der Waals surface area contributed by atoms with Gasteiger partial charge in [-0.05, 0) is 25.1 Å². The average Bonchev–Trinajstić information content (AvgIpc) is 2.47. The second-order valence-corrected chi connectivity index (χ2v) is 4.57. The quantitative estimate of drug-likeness (QED) is 0.712. The molecular weight excluding hydrogens is 250 g/mol. The Kier molecular flexibility index (Phi) is 3.16. The van der Waals surface area contributed by atoms with Gasteiger partial charge in [-0.3, -0.25) is 4.98 Å². The van der Waals surface area contributed by atoms with Crippen molar-refractivity contribution < 1.29 is 0 Å². The van der Waals surface area contributed by atoms with Crippen LogP contribution in [-0.2, 0) is 6.54 Å². The summed E-state index contributed by atoms with van der Waals surface area (Å²) >= 11 is 0. The molecule has 3 aromatic rings. The van der Waals surface area contributed by atoms with Crippen LogP contribution in [0.1, 0.15) is 11.5 Å². The van der Waals surface area contributed by atoms with Gasteiger partial charge in [0.05, 0.1) is 23.6 Å². The molecule has 100 valence electrons. The highest BCUT2D eigenvalue weighted by Gasteiger charge is 2.04. The van der Waals surface area contributed by atoms with Gasteiger partial charge in [-0.15, -0.1) is 0 Å². The standard InChI is InChI=1S/C15H15N5/c1-10-18-7-4-12(20-10)9-19-14-3-2-11-8-17-6-5-13(11)15(14)16/h2-8,19H,9,16H2,1H3. The van der Waals surface area contributed by atoms with Crippen LogP contribution in [0.5, 0.6) is 0 Å². The third-order valence-corrected chi connectivity index (χ3v) is 3.16. The zero-order valence-corrected chi connectivity index (χ0v) is 11.2. The highest BCUT2D eigenvalue weighted by Crippen LogP contribution is 2.28. The molecule has 5 heteroatoms. The Morgan fingerprint density at radius 2 is 2.05 bits per heavy atom. The van der Waals surface area contributed by atoms with Gasteiger partial charge in [0.1, 0.15) is 5.82 Å². The number of rotatable bonds is 3. The number of nitrogens with two attached hydrogens (primary N) is 1. The third kappa shape index (κ3) is 2.38. The zero-order chi connectivity index (χ0) is 13.9. The van der Waals surface area contributed by atoms with Crippen LogP contribution in [0.25, 0.3) is 10.8 Å². The summed E-state index contributed by atoms with van der Waals surface area (Å²) in [5.41, 5.74) is 8.76. The van der Waals surface area contributed by atoms with E-state index in [4.69, 9.17) is 5.73 Å². The van der Waals surface area contributed by atoms with E-state index in [2.05, 4.69) is 20.3 Å². The van der Waals surface area contributed by atoms with E-state index in [0.29, 0.717) is 6.54 Å². The van der Waals surface area contributed by atoms with Crippen LogP contribution in [0.4, 0.5) is 11.4 Å². The van der Waals surface area contributed by atoms with Gasteiger partial charge < -0.3 is 11.1 Å². The molecule has 0 bridgehead atoms. The zero-order valence-electron chi connectivity index (χ0n) is 11.2. The number of anilines is 2. The lowest BCUT2D eigenvalue weighted by Gasteiger charge is -2.11. The second-order valence-electron chi connectivity index (χ2n) is 4.57. The summed E-state index contributed by atoms with van der Waals surface area (Å²) in [7, 11) is 0. The molecule has 0 saturated heterocycles. The molecule has 0 spiro atoms. The Morgan fingerprint density at radius 3 is 2.90 bits per heavy atom. The molecule has 0 fully saturated rings. The molecule has 0 aliphatic carbocycles. The van der Waals surface area contributed by atoms with Crippen molar-refractivity contribution in [3.63, 3.8) is 0 Å². The maximum absolute atomic E-state index is 6.19. The highest BCUT2D eigenvalue weighted by atomic mass is 14.9. The second kappa shape index (κ2) is 5.13. The predicted molar refractivity (Wildman–Crippen MR) is 80.3 cm³/mol. The Morgan fingerprint density at radius 1 is 1.15 bits per heavy atom. The van der Waals surface area contributed by atoms with Crippen molar-refractivity contribution in [2.45, 2.75) is 13.5 Å². The lowest BCUT2D eigenvalue weighted by atomic mass is 10.1. The molecule has 0 radical (unpaired) electrons. The lowest BCUT2D eigenvalue weighted by Crippen LogP contribution is -2.05. The molecule has 2 heterocycles. The first kappa shape index (κ1) is 12.3. The fourth-order valence-electron chi connectivity index (χ4n) is 2.14. The van der Waals surface area contributed by atoms with Crippen molar-refractivity contribution in [1.82, 2.24) is 15.0 Å². The lowest BCUT2D eigenvalue weighted by molar-refractivity contribution is 0.956. The van der Waals surface area contributed by atoms with Gasteiger partial charge in [0, 0.05) is 29.4 Å². The molecule has 0 aliphatic heterocycles. The van der Waals surface area contributed by atoms with Gasteiger partial charge in [0.2, 0.25) is 0 Å². The largest absolute Gasteiger partial charge is 0.397 e. The Bertz CT molecular complexity index is 754. The average molecular weight is 265 g/mol. The number of pyridine rings is 1. The minimum absolute atomic E-state index is 0.615. The first-order chi connectivity index (χ1) is 9.74. The van der Waals surface area contributed by atoms with E-state index >= 15 is 0 Å². The third-order valence-electron chi connectivity index (χ3n) is 3.16. The summed E-state index contributed by atoms with van der Waals surface area (Å²) in [6.45, 7) is 2.49. The van der Waals surface area contributed by atoms with Crippen LogP contribution in [0.15, 0.2) is 42.9 Å². The topological polar surface area (TPSA) is 76.7 Å². The highest BCUT2D eigenvalue weighted by molar-refractivity contribution is 5.98. The van der Waals surface area contributed by atoms with Crippen molar-refractivity contribution in [3.05, 3.63) is 54.4 Å². The van der Waals surface area contributed by atoms with Gasteiger partial charge in [0.25, 0.3) is 0 Å². The van der Waals surface area contributed by atoms with Crippen molar-refractivity contribution in [2.75, 3.05) is 11.1 Å². The van der Waals surface area contributed by atoms with E-state index in [-0.39, 0.29) is 0 Å². The Hall–Kier alpha value is -2.69. The maximum atomic E-state index is 6.19. The number of nitrogens with zero attached hydrogens (tertiary/aromatic N) is 3. The molecule has 0 amide bonds. The molecule has 0 aliphatic rings. The Balaban J connectivity index is 1.86. The first-order valence-electron chi connectivity index (χ1n) is 6.38. The minimum Gasteiger partial charge on any atom is -0.397 e. The Labute approximate surface area is 116 Å². The van der Waals surface area contributed by atoms with Crippen LogP contribution < -0.4 is 11.1 Å². The van der Waals surface area contributed by atoms with Crippen molar-refractivity contribution >= 4 is 22.1 Å². The minimum atomic E-state index is 0.615. The van der Waals surface area contributed by atoms with E-state index in [1.165, 1.54) is 0 Å². The van der Waals surface area contributed by atoms with Gasteiger partial charge in [-0.25, -0.2) is 9.97 Å². The SMILES string of the molecule is Cc1nccc(CNc2ccc3cnccc3c2N)n1. The van der Waals surface area contributed by atoms with Gasteiger partial charge in [-0.1, -0.05) is 6.07 Å². The van der Waals surface area contributed by atoms with Crippen LogP contribution in [0, 0.1) is 6.92 Å². The van der Waals surface area contributed by atoms with Gasteiger partial charge in [0.15, 0.2) is 0 Å². The number of aromatic nitrogens is 3. The summed E-state index contributed by atoms with van der Waals surface area (Å²) < 4.78 is 0. The number of benzene rings is 1. The van der Waals surface area contributed by atoms with E-state index in [0.717, 1.165) is 33.7 Å². The molecule has 5 nitrogen and oxygen atoms in total. The summed E-state index contributed by atoms with van der Waals surface area (Å²) in [6.07, 6.45) is 5.31. The number of fused-ring (bicyclic) bond motifs is 1. The summed E-state index contributed by atoms with van der Waals surface area (Å²) in [5.74, 6) is 0.766. The van der Waals surface area contributed by atoms with Crippen LogP contribution in [0.3, 0.4) is 0 Å². The van der Waals surface area contributed by atoms with Crippen molar-refractivity contribution in [2.24, 2.45) is 0 Å². The molecule has 2 aromatic heterocycles. The normalized spacial score (nSPS) is 10.7. The molecule has 0 saturated carbocycles. The molecule has 0 unspecified atom stereocenters. The van der Waals surface area contributed by atoms with Crippen molar-refractivity contribution in [3.8, 4) is 0 Å². The molecule has 0 atom stereocenters. The first-order valence-corrected chi connectivity index (χ1v) is 6.38. The molecular formula is C15H15N5. The molecule has 3 N–H and O–H groups in total. The van der Waals surface area contributed by atoms with Crippen LogP contribution in [0.2, 0.25) is 0 Å². The van der Waals surface area contributed by atoms with Gasteiger partial charge in [-0.2, -0.15) is 0 Å². The van der Waals surface area contributed by atoms with Gasteiger partial charge >= 0.3 is 0 Å².